The van der Waals surface area contributed by atoms with Crippen LogP contribution in [0.3, 0.4) is 0 Å². The van der Waals surface area contributed by atoms with Gasteiger partial charge in [0.25, 0.3) is 5.91 Å². The summed E-state index contributed by atoms with van der Waals surface area (Å²) in [6.07, 6.45) is 1.47. The monoisotopic (exact) mass is 520 g/mol. The Morgan fingerprint density at radius 1 is 1.11 bits per heavy atom. The number of carbonyl (C=O) groups is 1. The Morgan fingerprint density at radius 3 is 2.56 bits per heavy atom. The number of benzene rings is 3. The summed E-state index contributed by atoms with van der Waals surface area (Å²) < 4.78 is 10.8. The first-order valence-corrected chi connectivity index (χ1v) is 12.5. The molecule has 1 aromatic heterocycles. The van der Waals surface area contributed by atoms with Gasteiger partial charge in [-0.05, 0) is 44.2 Å². The van der Waals surface area contributed by atoms with Crippen molar-refractivity contribution in [2.45, 2.75) is 13.8 Å². The molecule has 0 radical (unpaired) electrons. The average molecular weight is 521 g/mol. The van der Waals surface area contributed by atoms with Crippen LogP contribution in [-0.2, 0) is 0 Å². The van der Waals surface area contributed by atoms with Crippen LogP contribution in [0.2, 0.25) is 5.02 Å². The Morgan fingerprint density at radius 2 is 1.86 bits per heavy atom. The van der Waals surface area contributed by atoms with E-state index in [-0.39, 0.29) is 5.91 Å². The fraction of sp³-hybridized carbons (Fsp3) is 0.148. The molecule has 3 aromatic carbocycles. The third-order valence-electron chi connectivity index (χ3n) is 5.20. The van der Waals surface area contributed by atoms with Crippen molar-refractivity contribution in [2.75, 3.05) is 19.0 Å². The number of carbonyl (C=O) groups excluding carboxylic acids is 1. The summed E-state index contributed by atoms with van der Waals surface area (Å²) in [6.45, 7) is 4.41. The van der Waals surface area contributed by atoms with Crippen molar-refractivity contribution in [3.05, 3.63) is 87.8 Å². The Balaban J connectivity index is 1.39. The molecule has 0 unspecified atom stereocenters. The van der Waals surface area contributed by atoms with Gasteiger partial charge in [-0.1, -0.05) is 41.4 Å². The lowest BCUT2D eigenvalue weighted by Crippen LogP contribution is -2.17. The number of halogens is 1. The van der Waals surface area contributed by atoms with Crippen LogP contribution in [-0.4, -0.2) is 30.8 Å². The number of aryl methyl sites for hydroxylation is 1. The van der Waals surface area contributed by atoms with E-state index < -0.39 is 0 Å². The molecule has 1 heterocycles. The number of nitrogens with zero attached hydrogens (tertiary/aromatic N) is 2. The minimum atomic E-state index is -0.340. The van der Waals surface area contributed by atoms with Gasteiger partial charge in [-0.25, -0.2) is 10.4 Å². The number of hydrazone groups is 1. The highest BCUT2D eigenvalue weighted by atomic mass is 35.5. The summed E-state index contributed by atoms with van der Waals surface area (Å²) in [5.41, 5.74) is 7.53. The molecule has 0 fully saturated rings. The van der Waals surface area contributed by atoms with Crippen LogP contribution in [0, 0.1) is 6.92 Å². The van der Waals surface area contributed by atoms with Gasteiger partial charge in [0.2, 0.25) is 0 Å². The number of thiazole rings is 1. The van der Waals surface area contributed by atoms with Crippen molar-refractivity contribution in [1.29, 1.82) is 0 Å². The third-order valence-corrected chi connectivity index (χ3v) is 6.29. The molecule has 0 saturated carbocycles. The van der Waals surface area contributed by atoms with Gasteiger partial charge in [-0.15, -0.1) is 11.3 Å². The Hall–Kier alpha value is -3.88. The molecule has 1 amide bonds. The Bertz CT molecular complexity index is 1370. The van der Waals surface area contributed by atoms with Gasteiger partial charge in [0.15, 0.2) is 16.6 Å². The first-order valence-electron chi connectivity index (χ1n) is 11.2. The zero-order valence-electron chi connectivity index (χ0n) is 20.0. The Labute approximate surface area is 218 Å². The number of rotatable bonds is 9. The van der Waals surface area contributed by atoms with Gasteiger partial charge in [0, 0.05) is 33.8 Å². The molecule has 0 bridgehead atoms. The lowest BCUT2D eigenvalue weighted by atomic mass is 10.1. The summed E-state index contributed by atoms with van der Waals surface area (Å²) in [5, 5.41) is 10.6. The van der Waals surface area contributed by atoms with E-state index in [2.05, 4.69) is 27.8 Å². The van der Waals surface area contributed by atoms with Crippen molar-refractivity contribution in [2.24, 2.45) is 5.10 Å². The topological polar surface area (TPSA) is 84.8 Å². The highest BCUT2D eigenvalue weighted by Gasteiger charge is 2.11. The molecule has 9 heteroatoms. The van der Waals surface area contributed by atoms with Gasteiger partial charge in [0.1, 0.15) is 0 Å². The van der Waals surface area contributed by atoms with Crippen LogP contribution in [0.15, 0.2) is 71.1 Å². The molecular weight excluding hydrogens is 496 g/mol. The van der Waals surface area contributed by atoms with E-state index >= 15 is 0 Å². The van der Waals surface area contributed by atoms with E-state index in [1.165, 1.54) is 23.1 Å². The number of amides is 1. The normalized spacial score (nSPS) is 10.9. The largest absolute Gasteiger partial charge is 0.493 e. The van der Waals surface area contributed by atoms with Crippen LogP contribution in [0.1, 0.15) is 28.4 Å². The standard InChI is InChI=1S/C27H25ClN4O3S/c1-4-35-25-13-20(22(28)14-24(25)34-3)15-29-32-26(33)19-9-7-18(8-10-19)23-16-36-27(31-23)30-21-11-5-17(2)6-12-21/h5-16H,4H2,1-3H3,(H,30,31)(H,32,33)/b29-15-. The van der Waals surface area contributed by atoms with E-state index in [9.17, 15) is 4.79 Å². The fourth-order valence-electron chi connectivity index (χ4n) is 3.32. The maximum absolute atomic E-state index is 12.5. The minimum absolute atomic E-state index is 0.340. The van der Waals surface area contributed by atoms with Crippen molar-refractivity contribution >= 4 is 45.9 Å². The van der Waals surface area contributed by atoms with Gasteiger partial charge >= 0.3 is 0 Å². The lowest BCUT2D eigenvalue weighted by molar-refractivity contribution is 0.0955. The van der Waals surface area contributed by atoms with E-state index in [1.807, 2.05) is 48.7 Å². The summed E-state index contributed by atoms with van der Waals surface area (Å²) in [5.74, 6) is 0.737. The molecule has 0 atom stereocenters. The fourth-order valence-corrected chi connectivity index (χ4v) is 4.26. The second-order valence-electron chi connectivity index (χ2n) is 7.76. The minimum Gasteiger partial charge on any atom is -0.493 e. The van der Waals surface area contributed by atoms with Crippen molar-refractivity contribution in [1.82, 2.24) is 10.4 Å². The van der Waals surface area contributed by atoms with Gasteiger partial charge in [-0.2, -0.15) is 5.10 Å². The second-order valence-corrected chi connectivity index (χ2v) is 9.03. The molecule has 0 aliphatic carbocycles. The van der Waals surface area contributed by atoms with E-state index in [0.29, 0.717) is 34.3 Å². The smallest absolute Gasteiger partial charge is 0.271 e. The maximum Gasteiger partial charge on any atom is 0.271 e. The molecule has 0 saturated heterocycles. The van der Waals surface area contributed by atoms with E-state index in [4.69, 9.17) is 21.1 Å². The number of nitrogens with one attached hydrogen (secondary N) is 2. The molecule has 184 valence electrons. The summed E-state index contributed by atoms with van der Waals surface area (Å²) in [4.78, 5) is 17.2. The average Bonchev–Trinajstić information content (AvgIpc) is 3.35. The van der Waals surface area contributed by atoms with Gasteiger partial charge in [-0.3, -0.25) is 4.79 Å². The van der Waals surface area contributed by atoms with Crippen molar-refractivity contribution in [3.8, 4) is 22.8 Å². The molecule has 4 rings (SSSR count). The lowest BCUT2D eigenvalue weighted by Gasteiger charge is -2.11. The number of hydrogen-bond acceptors (Lipinski definition) is 7. The molecule has 0 aliphatic rings. The van der Waals surface area contributed by atoms with Crippen LogP contribution in [0.5, 0.6) is 11.5 Å². The number of aromatic nitrogens is 1. The van der Waals surface area contributed by atoms with Gasteiger partial charge in [0.05, 0.1) is 30.6 Å². The van der Waals surface area contributed by atoms with Crippen molar-refractivity contribution in [3.63, 3.8) is 0 Å². The van der Waals surface area contributed by atoms with Crippen LogP contribution in [0.25, 0.3) is 11.3 Å². The molecule has 0 spiro atoms. The molecular formula is C27H25ClN4O3S. The zero-order valence-corrected chi connectivity index (χ0v) is 21.6. The Kier molecular flexibility index (Phi) is 8.20. The molecule has 36 heavy (non-hydrogen) atoms. The number of anilines is 2. The highest BCUT2D eigenvalue weighted by Crippen LogP contribution is 2.32. The van der Waals surface area contributed by atoms with Crippen LogP contribution in [0.4, 0.5) is 10.8 Å². The number of ether oxygens (including phenoxy) is 2. The molecule has 7 nitrogen and oxygen atoms in total. The first-order chi connectivity index (χ1) is 17.5. The summed E-state index contributed by atoms with van der Waals surface area (Å²) in [6, 6.07) is 18.7. The zero-order chi connectivity index (χ0) is 25.5. The van der Waals surface area contributed by atoms with Crippen LogP contribution < -0.4 is 20.2 Å². The first kappa shape index (κ1) is 25.2. The predicted octanol–water partition coefficient (Wildman–Crippen LogP) is 6.69. The third kappa shape index (κ3) is 6.21. The van der Waals surface area contributed by atoms with E-state index in [1.54, 1.807) is 31.4 Å². The number of hydrogen-bond donors (Lipinski definition) is 2. The van der Waals surface area contributed by atoms with Crippen LogP contribution >= 0.6 is 22.9 Å². The SMILES string of the molecule is CCOc1cc(/C=N\NC(=O)c2ccc(-c3csc(Nc4ccc(C)cc4)n3)cc2)c(Cl)cc1OC. The van der Waals surface area contributed by atoms with Crippen molar-refractivity contribution < 1.29 is 14.3 Å². The van der Waals surface area contributed by atoms with E-state index in [0.717, 1.165) is 22.1 Å². The highest BCUT2D eigenvalue weighted by molar-refractivity contribution is 7.14. The van der Waals surface area contributed by atoms with Gasteiger partial charge < -0.3 is 14.8 Å². The summed E-state index contributed by atoms with van der Waals surface area (Å²) >= 11 is 7.81. The molecule has 2 N–H and O–H groups in total. The second kappa shape index (κ2) is 11.7. The predicted molar refractivity (Wildman–Crippen MR) is 146 cm³/mol. The maximum atomic E-state index is 12.5. The number of methoxy groups -OCH3 is 1. The molecule has 4 aromatic rings. The quantitative estimate of drug-likeness (QED) is 0.190. The molecule has 0 aliphatic heterocycles. The summed E-state index contributed by atoms with van der Waals surface area (Å²) in [7, 11) is 1.54.